The molecular formula is C13H16BNO4. The molecule has 5 nitrogen and oxygen atoms in total. The molecule has 2 rings (SSSR count). The molecule has 1 aromatic carbocycles. The van der Waals surface area contributed by atoms with Crippen molar-refractivity contribution in [2.24, 2.45) is 0 Å². The minimum Gasteiger partial charge on any atom is -0.443 e. The Bertz CT molecular complexity index is 613. The molecule has 0 radical (unpaired) electrons. The molecule has 0 spiro atoms. The van der Waals surface area contributed by atoms with Gasteiger partial charge >= 0.3 is 13.2 Å². The number of hydrogen-bond donors (Lipinski definition) is 2. The van der Waals surface area contributed by atoms with Crippen LogP contribution in [-0.4, -0.2) is 33.4 Å². The molecule has 19 heavy (non-hydrogen) atoms. The number of nitrogens with zero attached hydrogens (tertiary/aromatic N) is 1. The SMILES string of the molecule is CC(C)(C)OC(=O)n1cc(B(O)O)c2ccccc21. The van der Waals surface area contributed by atoms with Crippen LogP contribution in [0.15, 0.2) is 30.5 Å². The number of aromatic nitrogens is 1. The van der Waals surface area contributed by atoms with E-state index in [-0.39, 0.29) is 5.46 Å². The van der Waals surface area contributed by atoms with Crippen molar-refractivity contribution in [3.05, 3.63) is 30.5 Å². The van der Waals surface area contributed by atoms with E-state index in [4.69, 9.17) is 4.74 Å². The number of ether oxygens (including phenoxy) is 1. The standard InChI is InChI=1S/C13H16BNO4/c1-13(2,3)19-12(16)15-8-10(14(17)18)9-6-4-5-7-11(9)15/h4-8,17-18H,1-3H3. The van der Waals surface area contributed by atoms with Gasteiger partial charge in [-0.15, -0.1) is 0 Å². The van der Waals surface area contributed by atoms with E-state index in [0.717, 1.165) is 0 Å². The highest BCUT2D eigenvalue weighted by atomic mass is 16.6. The number of carbonyl (C=O) groups excluding carboxylic acids is 1. The first kappa shape index (κ1) is 13.6. The third-order valence-corrected chi connectivity index (χ3v) is 2.61. The van der Waals surface area contributed by atoms with Gasteiger partial charge in [-0.3, -0.25) is 4.57 Å². The zero-order chi connectivity index (χ0) is 14.2. The first-order valence-electron chi connectivity index (χ1n) is 5.99. The van der Waals surface area contributed by atoms with E-state index in [1.165, 1.54) is 10.8 Å². The van der Waals surface area contributed by atoms with Gasteiger partial charge in [-0.25, -0.2) is 4.79 Å². The van der Waals surface area contributed by atoms with Crippen molar-refractivity contribution in [3.8, 4) is 0 Å². The molecular weight excluding hydrogens is 245 g/mol. The summed E-state index contributed by atoms with van der Waals surface area (Å²) in [5.41, 5.74) is 0.252. The Morgan fingerprint density at radius 3 is 2.47 bits per heavy atom. The molecule has 0 atom stereocenters. The molecule has 0 aliphatic carbocycles. The zero-order valence-electron chi connectivity index (χ0n) is 11.1. The lowest BCUT2D eigenvalue weighted by Gasteiger charge is -2.19. The Balaban J connectivity index is 2.52. The van der Waals surface area contributed by atoms with Gasteiger partial charge in [-0.05, 0) is 32.2 Å². The van der Waals surface area contributed by atoms with Crippen LogP contribution >= 0.6 is 0 Å². The van der Waals surface area contributed by atoms with Crippen LogP contribution in [0.4, 0.5) is 4.79 Å². The number of hydrogen-bond acceptors (Lipinski definition) is 4. The summed E-state index contributed by atoms with van der Waals surface area (Å²) in [4.78, 5) is 12.1. The lowest BCUT2D eigenvalue weighted by atomic mass is 9.80. The van der Waals surface area contributed by atoms with Crippen molar-refractivity contribution in [3.63, 3.8) is 0 Å². The fourth-order valence-corrected chi connectivity index (χ4v) is 1.87. The van der Waals surface area contributed by atoms with Gasteiger partial charge in [0, 0.05) is 11.7 Å². The Hall–Kier alpha value is -1.79. The smallest absolute Gasteiger partial charge is 0.443 e. The maximum absolute atomic E-state index is 12.1. The number of para-hydroxylation sites is 1. The molecule has 100 valence electrons. The molecule has 6 heteroatoms. The second-order valence-electron chi connectivity index (χ2n) is 5.33. The fourth-order valence-electron chi connectivity index (χ4n) is 1.87. The van der Waals surface area contributed by atoms with E-state index in [1.807, 2.05) is 0 Å². The van der Waals surface area contributed by atoms with Gasteiger partial charge in [0.15, 0.2) is 0 Å². The van der Waals surface area contributed by atoms with Gasteiger partial charge in [0.2, 0.25) is 0 Å². The molecule has 2 N–H and O–H groups in total. The number of rotatable bonds is 1. The summed E-state index contributed by atoms with van der Waals surface area (Å²) < 4.78 is 6.57. The zero-order valence-corrected chi connectivity index (χ0v) is 11.1. The van der Waals surface area contributed by atoms with Gasteiger partial charge in [-0.2, -0.15) is 0 Å². The van der Waals surface area contributed by atoms with Crippen LogP contribution in [-0.2, 0) is 4.74 Å². The lowest BCUT2D eigenvalue weighted by molar-refractivity contribution is 0.0544. The molecule has 1 aromatic heterocycles. The van der Waals surface area contributed by atoms with E-state index in [0.29, 0.717) is 10.9 Å². The third-order valence-electron chi connectivity index (χ3n) is 2.61. The van der Waals surface area contributed by atoms with Gasteiger partial charge in [0.25, 0.3) is 0 Å². The van der Waals surface area contributed by atoms with Crippen LogP contribution in [0.1, 0.15) is 20.8 Å². The molecule has 0 unspecified atom stereocenters. The fraction of sp³-hybridized carbons (Fsp3) is 0.308. The van der Waals surface area contributed by atoms with Crippen molar-refractivity contribution >= 4 is 29.6 Å². The maximum atomic E-state index is 12.1. The molecule has 0 amide bonds. The predicted octanol–water partition coefficient (Wildman–Crippen LogP) is 1.10. The van der Waals surface area contributed by atoms with Gasteiger partial charge in [0.1, 0.15) is 5.60 Å². The molecule has 0 aliphatic rings. The van der Waals surface area contributed by atoms with Crippen LogP contribution in [0.3, 0.4) is 0 Å². The van der Waals surface area contributed by atoms with Gasteiger partial charge in [0.05, 0.1) is 5.52 Å². The normalized spacial score (nSPS) is 11.6. The summed E-state index contributed by atoms with van der Waals surface area (Å²) in [6.07, 6.45) is 0.847. The minimum absolute atomic E-state index is 0.279. The van der Waals surface area contributed by atoms with E-state index < -0.39 is 18.8 Å². The monoisotopic (exact) mass is 261 g/mol. The number of benzene rings is 1. The second kappa shape index (κ2) is 4.72. The van der Waals surface area contributed by atoms with Crippen LogP contribution in [0.25, 0.3) is 10.9 Å². The van der Waals surface area contributed by atoms with Crippen LogP contribution in [0.2, 0.25) is 0 Å². The van der Waals surface area contributed by atoms with Crippen molar-refractivity contribution < 1.29 is 19.6 Å². The maximum Gasteiger partial charge on any atom is 0.490 e. The van der Waals surface area contributed by atoms with Crippen LogP contribution in [0, 0.1) is 0 Å². The third kappa shape index (κ3) is 2.80. The van der Waals surface area contributed by atoms with Crippen LogP contribution < -0.4 is 5.46 Å². The van der Waals surface area contributed by atoms with E-state index in [2.05, 4.69) is 0 Å². The topological polar surface area (TPSA) is 71.7 Å². The summed E-state index contributed by atoms with van der Waals surface area (Å²) in [7, 11) is -1.63. The number of fused-ring (bicyclic) bond motifs is 1. The summed E-state index contributed by atoms with van der Waals surface area (Å²) in [6.45, 7) is 5.33. The highest BCUT2D eigenvalue weighted by Crippen LogP contribution is 2.16. The molecule has 2 aromatic rings. The first-order valence-corrected chi connectivity index (χ1v) is 5.99. The van der Waals surface area contributed by atoms with Gasteiger partial charge in [-0.1, -0.05) is 18.2 Å². The molecule has 0 saturated heterocycles. The van der Waals surface area contributed by atoms with Crippen molar-refractivity contribution in [2.45, 2.75) is 26.4 Å². The molecule has 0 fully saturated rings. The molecule has 1 heterocycles. The molecule has 0 bridgehead atoms. The Morgan fingerprint density at radius 2 is 1.89 bits per heavy atom. The Labute approximate surface area is 111 Å². The summed E-state index contributed by atoms with van der Waals surface area (Å²) in [5.74, 6) is 0. The minimum atomic E-state index is -1.63. The first-order chi connectivity index (χ1) is 8.79. The highest BCUT2D eigenvalue weighted by molar-refractivity contribution is 6.62. The number of carbonyl (C=O) groups is 1. The Kier molecular flexibility index (Phi) is 3.39. The highest BCUT2D eigenvalue weighted by Gasteiger charge is 2.24. The molecule has 0 aliphatic heterocycles. The van der Waals surface area contributed by atoms with E-state index >= 15 is 0 Å². The summed E-state index contributed by atoms with van der Waals surface area (Å²) in [6, 6.07) is 7.00. The summed E-state index contributed by atoms with van der Waals surface area (Å²) >= 11 is 0. The second-order valence-corrected chi connectivity index (χ2v) is 5.33. The van der Waals surface area contributed by atoms with E-state index in [1.54, 1.807) is 45.0 Å². The van der Waals surface area contributed by atoms with E-state index in [9.17, 15) is 14.8 Å². The van der Waals surface area contributed by atoms with Gasteiger partial charge < -0.3 is 14.8 Å². The van der Waals surface area contributed by atoms with Crippen molar-refractivity contribution in [1.29, 1.82) is 0 Å². The summed E-state index contributed by atoms with van der Waals surface area (Å²) in [5, 5.41) is 19.3. The molecule has 0 saturated carbocycles. The van der Waals surface area contributed by atoms with Crippen molar-refractivity contribution in [2.75, 3.05) is 0 Å². The average molecular weight is 261 g/mol. The lowest BCUT2D eigenvalue weighted by Crippen LogP contribution is -2.30. The Morgan fingerprint density at radius 1 is 1.26 bits per heavy atom. The van der Waals surface area contributed by atoms with Crippen LogP contribution in [0.5, 0.6) is 0 Å². The largest absolute Gasteiger partial charge is 0.490 e. The predicted molar refractivity (Wildman–Crippen MR) is 73.4 cm³/mol. The average Bonchev–Trinajstić information content (AvgIpc) is 2.66. The van der Waals surface area contributed by atoms with Crippen molar-refractivity contribution in [1.82, 2.24) is 4.57 Å². The quantitative estimate of drug-likeness (QED) is 0.754.